The molecule has 0 amide bonds. The lowest BCUT2D eigenvalue weighted by Gasteiger charge is -2.28. The van der Waals surface area contributed by atoms with Crippen LogP contribution < -0.4 is 5.32 Å². The Kier molecular flexibility index (Phi) is 3.36. The minimum Gasteiger partial charge on any atom is -0.468 e. The number of aromatic amines is 1. The molecule has 26 heavy (non-hydrogen) atoms. The quantitative estimate of drug-likeness (QED) is 0.543. The molecule has 2 N–H and O–H groups in total. The first-order valence-electron chi connectivity index (χ1n) is 8.66. The fourth-order valence-electron chi connectivity index (χ4n) is 3.90. The van der Waals surface area contributed by atoms with Gasteiger partial charge in [0.05, 0.1) is 7.11 Å². The molecule has 0 unspecified atom stereocenters. The number of ether oxygens (including phenoxy) is 1. The number of furan rings is 1. The number of methoxy groups -OCH3 is 1. The Morgan fingerprint density at radius 3 is 2.81 bits per heavy atom. The van der Waals surface area contributed by atoms with Gasteiger partial charge in [0, 0.05) is 28.4 Å². The smallest absolute Gasteiger partial charge is 0.323 e. The van der Waals surface area contributed by atoms with Gasteiger partial charge in [0.1, 0.15) is 23.4 Å². The van der Waals surface area contributed by atoms with Crippen molar-refractivity contribution in [3.8, 4) is 0 Å². The summed E-state index contributed by atoms with van der Waals surface area (Å²) in [7, 11) is 1.42. The zero-order valence-corrected chi connectivity index (χ0v) is 14.3. The van der Waals surface area contributed by atoms with Gasteiger partial charge < -0.3 is 14.1 Å². The Morgan fingerprint density at radius 1 is 1.15 bits per heavy atom. The largest absolute Gasteiger partial charge is 0.468 e. The fraction of sp³-hybridized carbons (Fsp3) is 0.190. The summed E-state index contributed by atoms with van der Waals surface area (Å²) in [5.41, 5.74) is 4.08. The predicted molar refractivity (Wildman–Crippen MR) is 99.0 cm³/mol. The first kappa shape index (κ1) is 15.2. The number of aromatic nitrogens is 1. The number of hydrogen-bond acceptors (Lipinski definition) is 4. The maximum atomic E-state index is 12.3. The van der Waals surface area contributed by atoms with E-state index in [2.05, 4.69) is 22.4 Å². The number of fused-ring (bicyclic) bond motifs is 4. The summed E-state index contributed by atoms with van der Waals surface area (Å²) in [5.74, 6) is 0.523. The van der Waals surface area contributed by atoms with Crippen molar-refractivity contribution >= 4 is 27.8 Å². The van der Waals surface area contributed by atoms with Crippen LogP contribution in [0.2, 0.25) is 0 Å². The number of para-hydroxylation sites is 2. The topological polar surface area (TPSA) is 67.3 Å². The summed E-state index contributed by atoms with van der Waals surface area (Å²) >= 11 is 0. The minimum absolute atomic E-state index is 0.234. The van der Waals surface area contributed by atoms with Crippen LogP contribution in [0.4, 0.5) is 0 Å². The fourth-order valence-corrected chi connectivity index (χ4v) is 3.90. The molecular weight excluding hydrogens is 328 g/mol. The van der Waals surface area contributed by atoms with E-state index in [-0.39, 0.29) is 12.0 Å². The lowest BCUT2D eigenvalue weighted by molar-refractivity contribution is -0.143. The van der Waals surface area contributed by atoms with E-state index in [1.165, 1.54) is 7.11 Å². The lowest BCUT2D eigenvalue weighted by atomic mass is 9.92. The number of carbonyl (C=O) groups excluding carboxylic acids is 1. The summed E-state index contributed by atoms with van der Waals surface area (Å²) in [5, 5.41) is 5.58. The second kappa shape index (κ2) is 5.75. The van der Waals surface area contributed by atoms with Crippen molar-refractivity contribution in [3.63, 3.8) is 0 Å². The van der Waals surface area contributed by atoms with Crippen molar-refractivity contribution < 1.29 is 13.9 Å². The number of nitrogens with one attached hydrogen (secondary N) is 2. The van der Waals surface area contributed by atoms with Gasteiger partial charge in [0.25, 0.3) is 0 Å². The van der Waals surface area contributed by atoms with Crippen molar-refractivity contribution in [3.05, 3.63) is 71.6 Å². The van der Waals surface area contributed by atoms with Crippen molar-refractivity contribution in [2.75, 3.05) is 7.11 Å². The van der Waals surface area contributed by atoms with E-state index < -0.39 is 6.04 Å². The van der Waals surface area contributed by atoms with Crippen LogP contribution in [0.5, 0.6) is 0 Å². The van der Waals surface area contributed by atoms with Gasteiger partial charge in [0.15, 0.2) is 0 Å². The van der Waals surface area contributed by atoms with Crippen LogP contribution in [0.15, 0.2) is 59.0 Å². The molecule has 2 aromatic heterocycles. The van der Waals surface area contributed by atoms with Crippen molar-refractivity contribution in [2.24, 2.45) is 0 Å². The van der Waals surface area contributed by atoms with Gasteiger partial charge in [0.2, 0.25) is 0 Å². The molecule has 5 rings (SSSR count). The van der Waals surface area contributed by atoms with Gasteiger partial charge in [-0.1, -0.05) is 36.4 Å². The molecule has 130 valence electrons. The second-order valence-electron chi connectivity index (χ2n) is 6.63. The van der Waals surface area contributed by atoms with Crippen LogP contribution in [0, 0.1) is 0 Å². The number of hydrogen-bond donors (Lipinski definition) is 2. The van der Waals surface area contributed by atoms with Crippen LogP contribution >= 0.6 is 0 Å². The van der Waals surface area contributed by atoms with E-state index in [0.717, 1.165) is 38.9 Å². The maximum absolute atomic E-state index is 12.3. The molecule has 2 aromatic carbocycles. The predicted octanol–water partition coefficient (Wildman–Crippen LogP) is 3.69. The number of benzene rings is 2. The van der Waals surface area contributed by atoms with Crippen LogP contribution in [0.25, 0.3) is 21.9 Å². The maximum Gasteiger partial charge on any atom is 0.323 e. The highest BCUT2D eigenvalue weighted by atomic mass is 16.5. The van der Waals surface area contributed by atoms with Crippen LogP contribution in [0.1, 0.15) is 23.1 Å². The van der Waals surface area contributed by atoms with E-state index >= 15 is 0 Å². The highest BCUT2D eigenvalue weighted by Crippen LogP contribution is 2.37. The average molecular weight is 346 g/mol. The monoisotopic (exact) mass is 346 g/mol. The van der Waals surface area contributed by atoms with Gasteiger partial charge in [-0.05, 0) is 23.8 Å². The third kappa shape index (κ3) is 2.24. The standard InChI is InChI=1S/C21H18N2O3/c1-25-21(24)16-11-14-13-7-3-4-8-15(13)22-19(14)20(23-16)18-10-12-6-2-5-9-17(12)26-18/h2-10,16,20,22-23H,11H2,1H3/t16-,20+/m0/s1. The number of H-pyrrole nitrogens is 1. The molecule has 1 aliphatic heterocycles. The summed E-state index contributed by atoms with van der Waals surface area (Å²) in [4.78, 5) is 15.8. The van der Waals surface area contributed by atoms with E-state index in [4.69, 9.17) is 9.15 Å². The average Bonchev–Trinajstić information content (AvgIpc) is 3.27. The number of esters is 1. The van der Waals surface area contributed by atoms with Gasteiger partial charge in [-0.3, -0.25) is 10.1 Å². The summed E-state index contributed by atoms with van der Waals surface area (Å²) in [6.07, 6.45) is 0.586. The van der Waals surface area contributed by atoms with Crippen molar-refractivity contribution in [1.29, 1.82) is 0 Å². The SMILES string of the molecule is COC(=O)[C@@H]1Cc2c([nH]c3ccccc23)[C@@H](c2cc3ccccc3o2)N1. The molecule has 0 radical (unpaired) electrons. The Hall–Kier alpha value is -3.05. The number of rotatable bonds is 2. The summed E-state index contributed by atoms with van der Waals surface area (Å²) in [6.45, 7) is 0. The molecule has 2 atom stereocenters. The Balaban J connectivity index is 1.69. The van der Waals surface area contributed by atoms with Gasteiger partial charge in [-0.25, -0.2) is 0 Å². The summed E-state index contributed by atoms with van der Waals surface area (Å²) < 4.78 is 11.1. The highest BCUT2D eigenvalue weighted by Gasteiger charge is 2.36. The molecule has 0 aliphatic carbocycles. The lowest BCUT2D eigenvalue weighted by Crippen LogP contribution is -2.45. The number of carbonyl (C=O) groups is 1. The van der Waals surface area contributed by atoms with Crippen LogP contribution in [0.3, 0.4) is 0 Å². The van der Waals surface area contributed by atoms with E-state index in [0.29, 0.717) is 6.42 Å². The van der Waals surface area contributed by atoms with E-state index in [9.17, 15) is 4.79 Å². The Morgan fingerprint density at radius 2 is 1.96 bits per heavy atom. The zero-order chi connectivity index (χ0) is 17.7. The third-order valence-electron chi connectivity index (χ3n) is 5.13. The van der Waals surface area contributed by atoms with Crippen LogP contribution in [-0.4, -0.2) is 24.1 Å². The molecular formula is C21H18N2O3. The Labute approximate surface area is 149 Å². The Bertz CT molecular complexity index is 1090. The van der Waals surface area contributed by atoms with Crippen molar-refractivity contribution in [1.82, 2.24) is 10.3 Å². The van der Waals surface area contributed by atoms with E-state index in [1.54, 1.807) is 0 Å². The second-order valence-corrected chi connectivity index (χ2v) is 6.63. The molecule has 3 heterocycles. The molecule has 4 aromatic rings. The molecule has 1 aliphatic rings. The van der Waals surface area contributed by atoms with E-state index in [1.807, 2.05) is 42.5 Å². The molecule has 0 fully saturated rings. The zero-order valence-electron chi connectivity index (χ0n) is 14.3. The van der Waals surface area contributed by atoms with Crippen molar-refractivity contribution in [2.45, 2.75) is 18.5 Å². The van der Waals surface area contributed by atoms with Crippen LogP contribution in [-0.2, 0) is 16.0 Å². The minimum atomic E-state index is -0.412. The molecule has 0 bridgehead atoms. The first-order chi connectivity index (χ1) is 12.7. The highest BCUT2D eigenvalue weighted by molar-refractivity contribution is 5.87. The third-order valence-corrected chi connectivity index (χ3v) is 5.13. The molecule has 0 spiro atoms. The molecule has 5 nitrogen and oxygen atoms in total. The summed E-state index contributed by atoms with van der Waals surface area (Å²) in [6, 6.07) is 17.5. The van der Waals surface area contributed by atoms with Gasteiger partial charge in [-0.15, -0.1) is 0 Å². The molecule has 0 saturated heterocycles. The molecule has 0 saturated carbocycles. The first-order valence-corrected chi connectivity index (χ1v) is 8.66. The normalized spacial score (nSPS) is 19.6. The molecule has 5 heteroatoms. The van der Waals surface area contributed by atoms with Gasteiger partial charge >= 0.3 is 5.97 Å². The van der Waals surface area contributed by atoms with Gasteiger partial charge in [-0.2, -0.15) is 0 Å².